The van der Waals surface area contributed by atoms with Gasteiger partial charge in [-0.2, -0.15) is 0 Å². The van der Waals surface area contributed by atoms with E-state index < -0.39 is 48.4 Å². The van der Waals surface area contributed by atoms with Crippen molar-refractivity contribution in [2.45, 2.75) is 114 Å². The Balaban J connectivity index is 2.30. The summed E-state index contributed by atoms with van der Waals surface area (Å²) in [4.78, 5) is 12.2. The van der Waals surface area contributed by atoms with Gasteiger partial charge in [-0.05, 0) is 6.42 Å². The van der Waals surface area contributed by atoms with Crippen molar-refractivity contribution in [1.82, 2.24) is 0 Å². The van der Waals surface area contributed by atoms with Gasteiger partial charge >= 0.3 is 0 Å². The van der Waals surface area contributed by atoms with Gasteiger partial charge < -0.3 is 35.7 Å². The van der Waals surface area contributed by atoms with E-state index in [1.807, 2.05) is 0 Å². The summed E-state index contributed by atoms with van der Waals surface area (Å²) < 4.78 is 4.55. The summed E-state index contributed by atoms with van der Waals surface area (Å²) in [5.74, 6) is -6.96. The number of epoxide rings is 1. The van der Waals surface area contributed by atoms with E-state index >= 15 is 0 Å². The number of hydrogen-bond acceptors (Lipinski definition) is 9. The van der Waals surface area contributed by atoms with Crippen molar-refractivity contribution in [3.8, 4) is 0 Å². The maximum atomic E-state index is 12.2. The highest BCUT2D eigenvalue weighted by molar-refractivity contribution is 5.93. The van der Waals surface area contributed by atoms with E-state index in [0.29, 0.717) is 6.42 Å². The van der Waals surface area contributed by atoms with Crippen LogP contribution in [0.5, 0.6) is 0 Å². The lowest BCUT2D eigenvalue weighted by Gasteiger charge is -2.24. The number of aliphatic hydroxyl groups is 7. The summed E-state index contributed by atoms with van der Waals surface area (Å²) in [5, 5.41) is 67.8. The normalized spacial score (nSPS) is 28.0. The van der Waals surface area contributed by atoms with E-state index in [0.717, 1.165) is 25.7 Å². The largest absolute Gasteiger partial charge is 0.394 e. The number of ketones is 1. The monoisotopic (exact) mass is 422 g/mol. The van der Waals surface area contributed by atoms with Crippen LogP contribution in [0.25, 0.3) is 0 Å². The molecule has 9 heteroatoms. The summed E-state index contributed by atoms with van der Waals surface area (Å²) in [6.45, 7) is 1.27. The zero-order chi connectivity index (χ0) is 22.1. The number of carbonyl (C=O) groups excluding carboxylic acids is 1. The first-order valence-electron chi connectivity index (χ1n) is 10.7. The smallest absolute Gasteiger partial charge is 0.290 e. The molecular formula is C20H38O9. The van der Waals surface area contributed by atoms with Crippen LogP contribution >= 0.6 is 0 Å². The predicted molar refractivity (Wildman–Crippen MR) is 104 cm³/mol. The summed E-state index contributed by atoms with van der Waals surface area (Å²) in [6.07, 6.45) is 3.13. The van der Waals surface area contributed by atoms with Crippen molar-refractivity contribution in [2.24, 2.45) is 0 Å². The zero-order valence-corrected chi connectivity index (χ0v) is 17.2. The molecule has 172 valence electrons. The van der Waals surface area contributed by atoms with Crippen LogP contribution in [0.15, 0.2) is 0 Å². The van der Waals surface area contributed by atoms with E-state index in [1.165, 1.54) is 32.1 Å². The maximum absolute atomic E-state index is 12.2. The molecule has 1 aliphatic heterocycles. The molecule has 0 saturated carbocycles. The van der Waals surface area contributed by atoms with Gasteiger partial charge in [0, 0.05) is 0 Å². The van der Waals surface area contributed by atoms with Crippen LogP contribution in [0, 0.1) is 0 Å². The van der Waals surface area contributed by atoms with Crippen LogP contribution in [0.2, 0.25) is 0 Å². The molecule has 6 atom stereocenters. The van der Waals surface area contributed by atoms with Crippen LogP contribution in [-0.4, -0.2) is 84.1 Å². The van der Waals surface area contributed by atoms with Crippen molar-refractivity contribution in [1.29, 1.82) is 0 Å². The number of ether oxygens (including phenoxy) is 1. The molecule has 1 heterocycles. The second-order valence-electron chi connectivity index (χ2n) is 7.98. The third kappa shape index (κ3) is 6.93. The van der Waals surface area contributed by atoms with Crippen LogP contribution in [0.1, 0.15) is 77.6 Å². The Hall–Kier alpha value is -0.650. The number of aliphatic hydroxyl groups excluding tert-OH is 5. The molecule has 1 saturated heterocycles. The lowest BCUT2D eigenvalue weighted by atomic mass is 9.94. The summed E-state index contributed by atoms with van der Waals surface area (Å²) in [6, 6.07) is 0. The standard InChI is InChI=1S/C20H38O9/c1-2-3-4-5-6-7-8-9-10-11-12-14(22)17(25)19(27)20(28,29-19)18(26)16(24)15(23)13-21/h14-16,18,21-24,26-28H,2-13H2,1H3/t14?,15-,16+,18+,19?,20+/m0/s1. The van der Waals surface area contributed by atoms with Crippen LogP contribution in [-0.2, 0) is 9.53 Å². The fourth-order valence-corrected chi connectivity index (χ4v) is 3.42. The lowest BCUT2D eigenvalue weighted by Crippen LogP contribution is -2.53. The molecule has 7 N–H and O–H groups in total. The Morgan fingerprint density at radius 1 is 0.862 bits per heavy atom. The maximum Gasteiger partial charge on any atom is 0.290 e. The minimum Gasteiger partial charge on any atom is -0.394 e. The molecule has 0 aromatic heterocycles. The zero-order valence-electron chi connectivity index (χ0n) is 17.2. The van der Waals surface area contributed by atoms with Crippen molar-refractivity contribution in [3.63, 3.8) is 0 Å². The molecule has 1 fully saturated rings. The molecule has 0 amide bonds. The van der Waals surface area contributed by atoms with Gasteiger partial charge in [-0.25, -0.2) is 0 Å². The molecule has 0 aromatic carbocycles. The Morgan fingerprint density at radius 3 is 1.83 bits per heavy atom. The average Bonchev–Trinajstić information content (AvgIpc) is 3.30. The average molecular weight is 423 g/mol. The van der Waals surface area contributed by atoms with Crippen molar-refractivity contribution in [3.05, 3.63) is 0 Å². The Labute approximate surface area is 172 Å². The number of carbonyl (C=O) groups is 1. The van der Waals surface area contributed by atoms with Crippen LogP contribution < -0.4 is 0 Å². The second-order valence-corrected chi connectivity index (χ2v) is 7.98. The van der Waals surface area contributed by atoms with Crippen molar-refractivity contribution in [2.75, 3.05) is 6.61 Å². The summed E-state index contributed by atoms with van der Waals surface area (Å²) >= 11 is 0. The topological polar surface area (TPSA) is 171 Å². The minimum atomic E-state index is -2.87. The molecule has 9 nitrogen and oxygen atoms in total. The van der Waals surface area contributed by atoms with Crippen molar-refractivity contribution < 1.29 is 45.3 Å². The molecule has 0 bridgehead atoms. The third-order valence-corrected chi connectivity index (χ3v) is 5.52. The fraction of sp³-hybridized carbons (Fsp3) is 0.950. The quantitative estimate of drug-likeness (QED) is 0.123. The Morgan fingerprint density at radius 2 is 1.34 bits per heavy atom. The number of hydrogen-bond donors (Lipinski definition) is 7. The molecule has 2 unspecified atom stereocenters. The molecule has 29 heavy (non-hydrogen) atoms. The second kappa shape index (κ2) is 12.3. The van der Waals surface area contributed by atoms with Gasteiger partial charge in [0.1, 0.15) is 24.4 Å². The first-order valence-corrected chi connectivity index (χ1v) is 10.7. The fourth-order valence-electron chi connectivity index (χ4n) is 3.42. The van der Waals surface area contributed by atoms with Crippen LogP contribution in [0.3, 0.4) is 0 Å². The lowest BCUT2D eigenvalue weighted by molar-refractivity contribution is -0.164. The molecular weight excluding hydrogens is 384 g/mol. The first kappa shape index (κ1) is 26.4. The molecule has 0 spiro atoms. The van der Waals surface area contributed by atoms with Gasteiger partial charge in [-0.15, -0.1) is 0 Å². The predicted octanol–water partition coefficient (Wildman–Crippen LogP) is -0.290. The molecule has 0 radical (unpaired) electrons. The van der Waals surface area contributed by atoms with Crippen molar-refractivity contribution >= 4 is 5.78 Å². The van der Waals surface area contributed by atoms with E-state index in [9.17, 15) is 35.4 Å². The highest BCUT2D eigenvalue weighted by atomic mass is 16.8. The van der Waals surface area contributed by atoms with E-state index in [1.54, 1.807) is 0 Å². The van der Waals surface area contributed by atoms with E-state index in [2.05, 4.69) is 11.7 Å². The Kier molecular flexibility index (Phi) is 11.2. The molecule has 0 aromatic rings. The summed E-state index contributed by atoms with van der Waals surface area (Å²) in [7, 11) is 0. The van der Waals surface area contributed by atoms with Crippen LogP contribution in [0.4, 0.5) is 0 Å². The van der Waals surface area contributed by atoms with Gasteiger partial charge in [0.2, 0.25) is 5.78 Å². The Bertz CT molecular complexity index is 489. The highest BCUT2D eigenvalue weighted by Gasteiger charge is 2.79. The van der Waals surface area contributed by atoms with E-state index in [4.69, 9.17) is 5.11 Å². The van der Waals surface area contributed by atoms with Gasteiger partial charge in [0.05, 0.1) is 6.61 Å². The number of rotatable bonds is 17. The summed E-state index contributed by atoms with van der Waals surface area (Å²) in [5.41, 5.74) is 0. The molecule has 1 rings (SSSR count). The van der Waals surface area contributed by atoms with Gasteiger partial charge in [0.25, 0.3) is 11.6 Å². The minimum absolute atomic E-state index is 0.0645. The SMILES string of the molecule is CCCCCCCCCCCCC(O)C(=O)C1(O)O[C@]1(O)[C@H](O)[C@H](O)[C@@H](O)CO. The van der Waals surface area contributed by atoms with Gasteiger partial charge in [-0.1, -0.05) is 71.1 Å². The van der Waals surface area contributed by atoms with Gasteiger partial charge in [0.15, 0.2) is 0 Å². The highest BCUT2D eigenvalue weighted by Crippen LogP contribution is 2.48. The van der Waals surface area contributed by atoms with E-state index in [-0.39, 0.29) is 6.42 Å². The number of unbranched alkanes of at least 4 members (excludes halogenated alkanes) is 9. The first-order chi connectivity index (χ1) is 13.7. The number of Topliss-reactive ketones (excluding diaryl/α,β-unsaturated/α-hetero) is 1. The molecule has 0 aliphatic carbocycles. The molecule has 1 aliphatic rings. The third-order valence-electron chi connectivity index (χ3n) is 5.52. The van der Waals surface area contributed by atoms with Gasteiger partial charge in [-0.3, -0.25) is 9.53 Å².